The fourth-order valence-electron chi connectivity index (χ4n) is 5.15. The predicted octanol–water partition coefficient (Wildman–Crippen LogP) is 4.14. The Hall–Kier alpha value is -0.410. The minimum atomic E-state index is -0.0841. The van der Waals surface area contributed by atoms with E-state index in [1.165, 1.54) is 19.3 Å². The van der Waals surface area contributed by atoms with Gasteiger partial charge < -0.3 is 5.32 Å². The van der Waals surface area contributed by atoms with Crippen LogP contribution in [0.1, 0.15) is 30.9 Å². The number of hydrogen-bond donors (Lipinski definition) is 1. The number of rotatable bonds is 3. The third kappa shape index (κ3) is 1.67. The molecule has 19 heavy (non-hydrogen) atoms. The molecule has 1 aromatic carbocycles. The number of hydrogen-bond acceptors (Lipinski definition) is 1. The van der Waals surface area contributed by atoms with Gasteiger partial charge in [0.25, 0.3) is 0 Å². The van der Waals surface area contributed by atoms with Crippen molar-refractivity contribution >= 4 is 15.9 Å². The summed E-state index contributed by atoms with van der Waals surface area (Å²) in [5.74, 6) is 4.19. The van der Waals surface area contributed by atoms with Gasteiger partial charge in [0, 0.05) is 11.6 Å². The maximum atomic E-state index is 14.3. The van der Waals surface area contributed by atoms with Crippen LogP contribution in [-0.2, 0) is 0 Å². The maximum Gasteiger partial charge on any atom is 0.142 e. The lowest BCUT2D eigenvalue weighted by molar-refractivity contribution is 0.377. The van der Waals surface area contributed by atoms with E-state index >= 15 is 0 Å². The Morgan fingerprint density at radius 2 is 1.95 bits per heavy atom. The molecule has 0 aromatic heterocycles. The molecule has 3 heteroatoms. The molecule has 1 aromatic rings. The van der Waals surface area contributed by atoms with Crippen LogP contribution in [0.25, 0.3) is 0 Å². The highest BCUT2D eigenvalue weighted by Gasteiger charge is 2.66. The third-order valence-electron chi connectivity index (χ3n) is 5.81. The van der Waals surface area contributed by atoms with Crippen LogP contribution in [0.5, 0.6) is 0 Å². The molecule has 0 spiro atoms. The molecular formula is C16H19BrFN. The minimum Gasteiger partial charge on any atom is -0.313 e. The Morgan fingerprint density at radius 1 is 1.26 bits per heavy atom. The fourth-order valence-corrected chi connectivity index (χ4v) is 5.54. The zero-order valence-electron chi connectivity index (χ0n) is 11.1. The smallest absolute Gasteiger partial charge is 0.142 e. The number of benzene rings is 1. The first kappa shape index (κ1) is 12.3. The van der Waals surface area contributed by atoms with Gasteiger partial charge in [-0.05, 0) is 77.9 Å². The van der Waals surface area contributed by atoms with Crippen LogP contribution >= 0.6 is 15.9 Å². The second kappa shape index (κ2) is 4.29. The summed E-state index contributed by atoms with van der Waals surface area (Å²) in [6, 6.07) is 5.86. The van der Waals surface area contributed by atoms with E-state index in [9.17, 15) is 4.39 Å². The summed E-state index contributed by atoms with van der Waals surface area (Å²) in [4.78, 5) is 0. The average Bonchev–Trinajstić information content (AvgIpc) is 2.82. The van der Waals surface area contributed by atoms with Crippen molar-refractivity contribution in [3.63, 3.8) is 0 Å². The first-order valence-electron chi connectivity index (χ1n) is 7.33. The molecule has 102 valence electrons. The molecule has 0 aliphatic heterocycles. The molecule has 0 radical (unpaired) electrons. The topological polar surface area (TPSA) is 12.0 Å². The lowest BCUT2D eigenvalue weighted by Crippen LogP contribution is -2.23. The van der Waals surface area contributed by atoms with E-state index in [1.54, 1.807) is 6.07 Å². The molecule has 0 amide bonds. The Morgan fingerprint density at radius 3 is 2.58 bits per heavy atom. The predicted molar refractivity (Wildman–Crippen MR) is 77.2 cm³/mol. The van der Waals surface area contributed by atoms with Gasteiger partial charge in [0.2, 0.25) is 0 Å². The molecule has 4 rings (SSSR count). The Kier molecular flexibility index (Phi) is 2.79. The van der Waals surface area contributed by atoms with Crippen molar-refractivity contribution in [1.82, 2.24) is 5.32 Å². The largest absolute Gasteiger partial charge is 0.313 e. The van der Waals surface area contributed by atoms with Crippen LogP contribution in [0.3, 0.4) is 0 Å². The Bertz CT molecular complexity index is 501. The fraction of sp³-hybridized carbons (Fsp3) is 0.625. The summed E-state index contributed by atoms with van der Waals surface area (Å²) in [5, 5.41) is 3.38. The average molecular weight is 324 g/mol. The molecule has 0 heterocycles. The van der Waals surface area contributed by atoms with E-state index in [4.69, 9.17) is 0 Å². The van der Waals surface area contributed by atoms with Crippen molar-refractivity contribution in [2.45, 2.75) is 25.3 Å². The molecule has 3 aliphatic carbocycles. The SMILES string of the molecule is CNC(c1cccc(Br)c1F)C1C2C3CCC(C3)C21. The lowest BCUT2D eigenvalue weighted by atomic mass is 9.93. The minimum absolute atomic E-state index is 0.0841. The first-order chi connectivity index (χ1) is 9.22. The molecule has 0 saturated heterocycles. The molecule has 3 saturated carbocycles. The van der Waals surface area contributed by atoms with Crippen molar-refractivity contribution in [2.24, 2.45) is 29.6 Å². The van der Waals surface area contributed by atoms with Crippen LogP contribution in [0, 0.1) is 35.4 Å². The molecule has 1 N–H and O–H groups in total. The van der Waals surface area contributed by atoms with Gasteiger partial charge in [-0.25, -0.2) is 4.39 Å². The summed E-state index contributed by atoms with van der Waals surface area (Å²) >= 11 is 3.31. The second-order valence-corrected chi connectivity index (χ2v) is 7.33. The van der Waals surface area contributed by atoms with E-state index in [-0.39, 0.29) is 11.9 Å². The van der Waals surface area contributed by atoms with Gasteiger partial charge in [0.1, 0.15) is 5.82 Å². The van der Waals surface area contributed by atoms with Crippen LogP contribution in [0.15, 0.2) is 22.7 Å². The molecule has 3 aliphatic rings. The van der Waals surface area contributed by atoms with Crippen LogP contribution in [-0.4, -0.2) is 7.05 Å². The van der Waals surface area contributed by atoms with Gasteiger partial charge in [-0.1, -0.05) is 12.1 Å². The zero-order chi connectivity index (χ0) is 13.1. The Balaban J connectivity index is 1.65. The molecule has 2 bridgehead atoms. The van der Waals surface area contributed by atoms with Crippen LogP contribution in [0.2, 0.25) is 0 Å². The lowest BCUT2D eigenvalue weighted by Gasteiger charge is -2.21. The molecule has 1 nitrogen and oxygen atoms in total. The standard InChI is InChI=1S/C16H19BrFN/c1-19-16(10-3-2-4-11(17)15(10)18)14-12-8-5-6-9(7-8)13(12)14/h2-4,8-9,12-14,16,19H,5-7H2,1H3. The van der Waals surface area contributed by atoms with Crippen molar-refractivity contribution in [3.8, 4) is 0 Å². The third-order valence-corrected chi connectivity index (χ3v) is 6.42. The van der Waals surface area contributed by atoms with Gasteiger partial charge >= 0.3 is 0 Å². The van der Waals surface area contributed by atoms with Gasteiger partial charge in [0.05, 0.1) is 4.47 Å². The van der Waals surface area contributed by atoms with Crippen LogP contribution < -0.4 is 5.32 Å². The van der Waals surface area contributed by atoms with Crippen molar-refractivity contribution in [3.05, 3.63) is 34.1 Å². The maximum absolute atomic E-state index is 14.3. The highest BCUT2D eigenvalue weighted by atomic mass is 79.9. The number of halogens is 2. The first-order valence-corrected chi connectivity index (χ1v) is 8.13. The van der Waals surface area contributed by atoms with Crippen molar-refractivity contribution in [2.75, 3.05) is 7.05 Å². The summed E-state index contributed by atoms with van der Waals surface area (Å²) in [7, 11) is 1.97. The van der Waals surface area contributed by atoms with E-state index < -0.39 is 0 Å². The van der Waals surface area contributed by atoms with E-state index in [1.807, 2.05) is 19.2 Å². The quantitative estimate of drug-likeness (QED) is 0.881. The van der Waals surface area contributed by atoms with Gasteiger partial charge in [-0.2, -0.15) is 0 Å². The summed E-state index contributed by atoms with van der Waals surface area (Å²) in [6.07, 6.45) is 4.28. The molecular weight excluding hydrogens is 305 g/mol. The van der Waals surface area contributed by atoms with Crippen molar-refractivity contribution in [1.29, 1.82) is 0 Å². The highest BCUT2D eigenvalue weighted by Crippen LogP contribution is 2.72. The molecule has 3 fully saturated rings. The van der Waals surface area contributed by atoms with Gasteiger partial charge in [-0.15, -0.1) is 0 Å². The van der Waals surface area contributed by atoms with E-state index in [0.717, 1.165) is 29.2 Å². The number of nitrogens with one attached hydrogen (secondary N) is 1. The highest BCUT2D eigenvalue weighted by molar-refractivity contribution is 9.10. The van der Waals surface area contributed by atoms with Gasteiger partial charge in [0.15, 0.2) is 0 Å². The summed E-state index contributed by atoms with van der Waals surface area (Å²) < 4.78 is 14.9. The molecule has 5 unspecified atom stereocenters. The van der Waals surface area contributed by atoms with Crippen molar-refractivity contribution < 1.29 is 4.39 Å². The van der Waals surface area contributed by atoms with E-state index in [0.29, 0.717) is 10.4 Å². The molecule has 5 atom stereocenters. The summed E-state index contributed by atoms with van der Waals surface area (Å²) in [5.41, 5.74) is 0.843. The monoisotopic (exact) mass is 323 g/mol. The summed E-state index contributed by atoms with van der Waals surface area (Å²) in [6.45, 7) is 0. The van der Waals surface area contributed by atoms with Crippen LogP contribution in [0.4, 0.5) is 4.39 Å². The second-order valence-electron chi connectivity index (χ2n) is 6.47. The zero-order valence-corrected chi connectivity index (χ0v) is 12.7. The normalized spacial score (nSPS) is 40.3. The van der Waals surface area contributed by atoms with E-state index in [2.05, 4.69) is 21.2 Å². The Labute approximate surface area is 122 Å². The number of fused-ring (bicyclic) bond motifs is 5. The van der Waals surface area contributed by atoms with Gasteiger partial charge in [-0.3, -0.25) is 0 Å².